The molecule has 2 heterocycles. The molecule has 2 heteroatoms. The molecular formula is C38H24OS. The van der Waals surface area contributed by atoms with Crippen molar-refractivity contribution in [2.45, 2.75) is 0 Å². The molecule has 0 aliphatic heterocycles. The summed E-state index contributed by atoms with van der Waals surface area (Å²) in [6.45, 7) is 0. The van der Waals surface area contributed by atoms with Gasteiger partial charge in [-0.25, -0.2) is 0 Å². The molecule has 2 aromatic heterocycles. The monoisotopic (exact) mass is 528 g/mol. The van der Waals surface area contributed by atoms with Gasteiger partial charge in [0.2, 0.25) is 0 Å². The van der Waals surface area contributed by atoms with Crippen LogP contribution in [-0.2, 0) is 0 Å². The van der Waals surface area contributed by atoms with Crippen LogP contribution in [0.3, 0.4) is 0 Å². The number of furan rings is 1. The minimum Gasteiger partial charge on any atom is -0.456 e. The van der Waals surface area contributed by atoms with Gasteiger partial charge in [-0.2, -0.15) is 0 Å². The summed E-state index contributed by atoms with van der Waals surface area (Å²) in [4.78, 5) is 2.56. The predicted octanol–water partition coefficient (Wildman–Crippen LogP) is 11.5. The molecular weight excluding hydrogens is 504 g/mol. The number of hydrogen-bond acceptors (Lipinski definition) is 2. The molecule has 0 saturated heterocycles. The van der Waals surface area contributed by atoms with E-state index in [-0.39, 0.29) is 0 Å². The highest BCUT2D eigenvalue weighted by Crippen LogP contribution is 2.50. The summed E-state index contributed by atoms with van der Waals surface area (Å²) >= 11 is 1.87. The lowest BCUT2D eigenvalue weighted by molar-refractivity contribution is 0.669. The maximum atomic E-state index is 6.46. The van der Waals surface area contributed by atoms with Gasteiger partial charge in [0.05, 0.1) is 0 Å². The van der Waals surface area contributed by atoms with Crippen LogP contribution in [0.5, 0.6) is 0 Å². The molecule has 8 rings (SSSR count). The van der Waals surface area contributed by atoms with Gasteiger partial charge in [0.1, 0.15) is 11.2 Å². The third-order valence-corrected chi connectivity index (χ3v) is 9.02. The van der Waals surface area contributed by atoms with E-state index in [2.05, 4.69) is 146 Å². The Labute approximate surface area is 236 Å². The topological polar surface area (TPSA) is 13.1 Å². The van der Waals surface area contributed by atoms with Gasteiger partial charge in [-0.3, -0.25) is 0 Å². The molecule has 6 aromatic carbocycles. The predicted molar refractivity (Wildman–Crippen MR) is 171 cm³/mol. The zero-order valence-electron chi connectivity index (χ0n) is 21.7. The Morgan fingerprint density at radius 1 is 0.350 bits per heavy atom. The van der Waals surface area contributed by atoms with Crippen molar-refractivity contribution in [2.24, 2.45) is 0 Å². The number of rotatable bonds is 4. The highest BCUT2D eigenvalue weighted by molar-refractivity contribution is 7.21. The van der Waals surface area contributed by atoms with Crippen LogP contribution in [-0.4, -0.2) is 0 Å². The molecule has 188 valence electrons. The Morgan fingerprint density at radius 2 is 0.800 bits per heavy atom. The molecule has 40 heavy (non-hydrogen) atoms. The standard InChI is InChI=1S/C38H24OS/c1-3-13-25(14-4-1)27-17-7-8-18-29(27)37-30-19-9-10-20-31(30)38(40-37)32-22-12-24-34-36(32)35-28(21-11-23-33(35)39-34)26-15-5-2-6-16-26/h1-24H. The van der Waals surface area contributed by atoms with Gasteiger partial charge in [0, 0.05) is 42.4 Å². The average Bonchev–Trinajstić information content (AvgIpc) is 3.61. The van der Waals surface area contributed by atoms with Gasteiger partial charge in [0.15, 0.2) is 0 Å². The first-order chi connectivity index (χ1) is 19.9. The second kappa shape index (κ2) is 9.37. The Balaban J connectivity index is 1.43. The second-order valence-electron chi connectivity index (χ2n) is 10.0. The lowest BCUT2D eigenvalue weighted by Crippen LogP contribution is -1.82. The Morgan fingerprint density at radius 3 is 1.45 bits per heavy atom. The lowest BCUT2D eigenvalue weighted by Gasteiger charge is -2.09. The van der Waals surface area contributed by atoms with Gasteiger partial charge in [-0.1, -0.05) is 133 Å². The van der Waals surface area contributed by atoms with Crippen molar-refractivity contribution in [3.8, 4) is 43.1 Å². The molecule has 0 saturated carbocycles. The highest BCUT2D eigenvalue weighted by Gasteiger charge is 2.21. The Hall–Kier alpha value is -4.92. The largest absolute Gasteiger partial charge is 0.456 e. The van der Waals surface area contributed by atoms with E-state index in [0.717, 1.165) is 11.2 Å². The van der Waals surface area contributed by atoms with Crippen LogP contribution in [0.15, 0.2) is 150 Å². The Bertz CT molecular complexity index is 2150. The fourth-order valence-corrected chi connectivity index (χ4v) is 7.30. The smallest absolute Gasteiger partial charge is 0.136 e. The molecule has 0 amide bonds. The molecule has 0 unspecified atom stereocenters. The first-order valence-electron chi connectivity index (χ1n) is 13.5. The maximum Gasteiger partial charge on any atom is 0.136 e. The van der Waals surface area contributed by atoms with Crippen molar-refractivity contribution >= 4 is 44.0 Å². The van der Waals surface area contributed by atoms with Crippen LogP contribution in [0, 0.1) is 0 Å². The van der Waals surface area contributed by atoms with Crippen LogP contribution < -0.4 is 0 Å². The van der Waals surface area contributed by atoms with Gasteiger partial charge in [-0.05, 0) is 34.4 Å². The maximum absolute atomic E-state index is 6.46. The normalized spacial score (nSPS) is 11.5. The van der Waals surface area contributed by atoms with Crippen molar-refractivity contribution in [1.82, 2.24) is 0 Å². The third-order valence-electron chi connectivity index (χ3n) is 7.73. The van der Waals surface area contributed by atoms with Crippen LogP contribution in [0.4, 0.5) is 0 Å². The zero-order valence-corrected chi connectivity index (χ0v) is 22.5. The molecule has 0 aliphatic rings. The molecule has 0 radical (unpaired) electrons. The molecule has 1 nitrogen and oxygen atoms in total. The van der Waals surface area contributed by atoms with Crippen LogP contribution >= 0.6 is 11.3 Å². The third kappa shape index (κ3) is 3.61. The van der Waals surface area contributed by atoms with Crippen molar-refractivity contribution < 1.29 is 4.42 Å². The fraction of sp³-hybridized carbons (Fsp3) is 0. The zero-order chi connectivity index (χ0) is 26.5. The molecule has 8 aromatic rings. The van der Waals surface area contributed by atoms with E-state index in [4.69, 9.17) is 4.42 Å². The summed E-state index contributed by atoms with van der Waals surface area (Å²) in [5.74, 6) is 0. The molecule has 0 atom stereocenters. The summed E-state index contributed by atoms with van der Waals surface area (Å²) in [5.41, 5.74) is 9.17. The molecule has 0 fully saturated rings. The number of thiophene rings is 1. The highest BCUT2D eigenvalue weighted by atomic mass is 32.1. The van der Waals surface area contributed by atoms with Crippen molar-refractivity contribution in [3.05, 3.63) is 146 Å². The first-order valence-corrected chi connectivity index (χ1v) is 14.3. The van der Waals surface area contributed by atoms with E-state index in [1.54, 1.807) is 0 Å². The van der Waals surface area contributed by atoms with E-state index >= 15 is 0 Å². The molecule has 0 aliphatic carbocycles. The van der Waals surface area contributed by atoms with Crippen molar-refractivity contribution in [1.29, 1.82) is 0 Å². The quantitative estimate of drug-likeness (QED) is 0.221. The summed E-state index contributed by atoms with van der Waals surface area (Å²) in [7, 11) is 0. The van der Waals surface area contributed by atoms with E-state index < -0.39 is 0 Å². The van der Waals surface area contributed by atoms with Crippen molar-refractivity contribution in [3.63, 3.8) is 0 Å². The SMILES string of the molecule is c1ccc(-c2ccccc2-c2sc(-c3cccc4oc5cccc(-c6ccccc6)c5c34)c3ccccc23)cc1. The number of benzene rings is 6. The second-order valence-corrected chi connectivity index (χ2v) is 11.1. The molecule has 0 N–H and O–H groups in total. The van der Waals surface area contributed by atoms with E-state index in [0.29, 0.717) is 0 Å². The summed E-state index contributed by atoms with van der Waals surface area (Å²) < 4.78 is 6.46. The van der Waals surface area contributed by atoms with Gasteiger partial charge < -0.3 is 4.42 Å². The van der Waals surface area contributed by atoms with Crippen LogP contribution in [0.25, 0.3) is 75.8 Å². The number of fused-ring (bicyclic) bond motifs is 4. The van der Waals surface area contributed by atoms with Crippen LogP contribution in [0.2, 0.25) is 0 Å². The van der Waals surface area contributed by atoms with E-state index in [9.17, 15) is 0 Å². The minimum atomic E-state index is 0.916. The first kappa shape index (κ1) is 23.0. The van der Waals surface area contributed by atoms with Gasteiger partial charge in [-0.15, -0.1) is 11.3 Å². The summed E-state index contributed by atoms with van der Waals surface area (Å²) in [6, 6.07) is 51.7. The molecule has 0 bridgehead atoms. The lowest BCUT2D eigenvalue weighted by atomic mass is 9.95. The van der Waals surface area contributed by atoms with E-state index in [1.165, 1.54) is 64.7 Å². The number of hydrogen-bond donors (Lipinski definition) is 0. The average molecular weight is 529 g/mol. The molecule has 0 spiro atoms. The minimum absolute atomic E-state index is 0.916. The van der Waals surface area contributed by atoms with Crippen LogP contribution in [0.1, 0.15) is 0 Å². The van der Waals surface area contributed by atoms with E-state index in [1.807, 2.05) is 11.3 Å². The van der Waals surface area contributed by atoms with Crippen molar-refractivity contribution in [2.75, 3.05) is 0 Å². The fourth-order valence-electron chi connectivity index (χ4n) is 5.96. The summed E-state index contributed by atoms with van der Waals surface area (Å²) in [6.07, 6.45) is 0. The summed E-state index contributed by atoms with van der Waals surface area (Å²) in [5, 5.41) is 4.89. The Kier molecular flexibility index (Phi) is 5.39. The van der Waals surface area contributed by atoms with Gasteiger partial charge >= 0.3 is 0 Å². The van der Waals surface area contributed by atoms with Gasteiger partial charge in [0.25, 0.3) is 0 Å².